The van der Waals surface area contributed by atoms with Crippen LogP contribution in [-0.4, -0.2) is 15.9 Å². The highest BCUT2D eigenvalue weighted by molar-refractivity contribution is 9.09. The van der Waals surface area contributed by atoms with E-state index in [0.29, 0.717) is 11.2 Å². The van der Waals surface area contributed by atoms with Gasteiger partial charge in [-0.05, 0) is 19.3 Å². The van der Waals surface area contributed by atoms with E-state index in [-0.39, 0.29) is 0 Å². The molecule has 66 valence electrons. The molecule has 0 rings (SSSR count). The van der Waals surface area contributed by atoms with Gasteiger partial charge in [0.05, 0.1) is 0 Å². The molecular formula is C8H15BrO2. The molecule has 3 heteroatoms. The van der Waals surface area contributed by atoms with E-state index < -0.39 is 5.97 Å². The maximum atomic E-state index is 10.1. The first-order chi connectivity index (χ1) is 5.16. The van der Waals surface area contributed by atoms with Gasteiger partial charge in [-0.15, -0.1) is 0 Å². The molecule has 0 radical (unpaired) electrons. The van der Waals surface area contributed by atoms with Crippen molar-refractivity contribution in [1.82, 2.24) is 0 Å². The van der Waals surface area contributed by atoms with Gasteiger partial charge in [-0.2, -0.15) is 0 Å². The Morgan fingerprint density at radius 2 is 2.18 bits per heavy atom. The van der Waals surface area contributed by atoms with Crippen molar-refractivity contribution in [3.63, 3.8) is 0 Å². The standard InChI is InChI=1S/C8H15BrO2/c1-2-4-7(9)5-3-6-8(10)11/h7H,2-6H2,1H3,(H,10,11). The van der Waals surface area contributed by atoms with Crippen LogP contribution in [0.4, 0.5) is 0 Å². The van der Waals surface area contributed by atoms with E-state index in [1.54, 1.807) is 0 Å². The summed E-state index contributed by atoms with van der Waals surface area (Å²) in [5.74, 6) is -0.693. The van der Waals surface area contributed by atoms with Gasteiger partial charge in [0.25, 0.3) is 0 Å². The minimum Gasteiger partial charge on any atom is -0.481 e. The zero-order valence-corrected chi connectivity index (χ0v) is 8.43. The van der Waals surface area contributed by atoms with Gasteiger partial charge in [-0.1, -0.05) is 29.3 Å². The summed E-state index contributed by atoms with van der Waals surface area (Å²) in [6.45, 7) is 2.13. The molecule has 0 heterocycles. The zero-order chi connectivity index (χ0) is 8.69. The predicted octanol–water partition coefficient (Wildman–Crippen LogP) is 2.80. The van der Waals surface area contributed by atoms with E-state index >= 15 is 0 Å². The van der Waals surface area contributed by atoms with Crippen LogP contribution in [0.1, 0.15) is 39.0 Å². The maximum absolute atomic E-state index is 10.1. The lowest BCUT2D eigenvalue weighted by molar-refractivity contribution is -0.137. The molecule has 0 aliphatic rings. The summed E-state index contributed by atoms with van der Waals surface area (Å²) in [7, 11) is 0. The molecule has 0 saturated heterocycles. The number of rotatable bonds is 6. The third-order valence-electron chi connectivity index (χ3n) is 1.51. The van der Waals surface area contributed by atoms with Crippen molar-refractivity contribution in [1.29, 1.82) is 0 Å². The molecule has 0 fully saturated rings. The fraction of sp³-hybridized carbons (Fsp3) is 0.875. The van der Waals surface area contributed by atoms with Crippen LogP contribution in [0, 0.1) is 0 Å². The number of carbonyl (C=O) groups is 1. The average Bonchev–Trinajstić information content (AvgIpc) is 1.87. The van der Waals surface area contributed by atoms with Crippen molar-refractivity contribution in [2.45, 2.75) is 43.9 Å². The molecule has 1 unspecified atom stereocenters. The van der Waals surface area contributed by atoms with Crippen LogP contribution in [0.15, 0.2) is 0 Å². The summed E-state index contributed by atoms with van der Waals surface area (Å²) >= 11 is 3.50. The Labute approximate surface area is 76.1 Å². The summed E-state index contributed by atoms with van der Waals surface area (Å²) < 4.78 is 0. The lowest BCUT2D eigenvalue weighted by Crippen LogP contribution is -2.00. The molecular weight excluding hydrogens is 208 g/mol. The smallest absolute Gasteiger partial charge is 0.303 e. The molecule has 0 aromatic heterocycles. The van der Waals surface area contributed by atoms with Crippen molar-refractivity contribution in [3.8, 4) is 0 Å². The Kier molecular flexibility index (Phi) is 6.62. The van der Waals surface area contributed by atoms with Gasteiger partial charge in [0.2, 0.25) is 0 Å². The molecule has 11 heavy (non-hydrogen) atoms. The van der Waals surface area contributed by atoms with Crippen LogP contribution in [0.5, 0.6) is 0 Å². The van der Waals surface area contributed by atoms with E-state index in [9.17, 15) is 4.79 Å². The number of alkyl halides is 1. The Morgan fingerprint density at radius 3 is 2.64 bits per heavy atom. The van der Waals surface area contributed by atoms with Crippen LogP contribution in [0.3, 0.4) is 0 Å². The minimum absolute atomic E-state index is 0.297. The molecule has 0 aliphatic heterocycles. The van der Waals surface area contributed by atoms with E-state index in [1.807, 2.05) is 0 Å². The molecule has 0 saturated carbocycles. The van der Waals surface area contributed by atoms with Crippen molar-refractivity contribution < 1.29 is 9.90 Å². The molecule has 1 atom stereocenters. The predicted molar refractivity (Wildman–Crippen MR) is 49.1 cm³/mol. The highest BCUT2D eigenvalue weighted by Gasteiger charge is 2.03. The number of hydrogen-bond donors (Lipinski definition) is 1. The van der Waals surface area contributed by atoms with Crippen molar-refractivity contribution >= 4 is 21.9 Å². The minimum atomic E-state index is -0.693. The Balaban J connectivity index is 3.16. The molecule has 0 spiro atoms. The summed E-state index contributed by atoms with van der Waals surface area (Å²) in [6, 6.07) is 0. The first-order valence-corrected chi connectivity index (χ1v) is 4.94. The number of hydrogen-bond acceptors (Lipinski definition) is 1. The van der Waals surface area contributed by atoms with Crippen LogP contribution in [0.25, 0.3) is 0 Å². The quantitative estimate of drug-likeness (QED) is 0.703. The van der Waals surface area contributed by atoms with E-state index in [0.717, 1.165) is 25.7 Å². The van der Waals surface area contributed by atoms with Gasteiger partial charge < -0.3 is 5.11 Å². The number of halogens is 1. The SMILES string of the molecule is CCCC(Br)CCCC(=O)O. The molecule has 2 nitrogen and oxygen atoms in total. The Morgan fingerprint density at radius 1 is 1.55 bits per heavy atom. The molecule has 1 N–H and O–H groups in total. The summed E-state index contributed by atoms with van der Waals surface area (Å²) in [5.41, 5.74) is 0. The highest BCUT2D eigenvalue weighted by Crippen LogP contribution is 2.14. The van der Waals surface area contributed by atoms with Crippen LogP contribution in [0.2, 0.25) is 0 Å². The van der Waals surface area contributed by atoms with Crippen molar-refractivity contribution in [3.05, 3.63) is 0 Å². The average molecular weight is 223 g/mol. The normalized spacial score (nSPS) is 12.9. The third kappa shape index (κ3) is 7.85. The van der Waals surface area contributed by atoms with E-state index in [4.69, 9.17) is 5.11 Å². The van der Waals surface area contributed by atoms with Gasteiger partial charge in [0.15, 0.2) is 0 Å². The third-order valence-corrected chi connectivity index (χ3v) is 2.43. The highest BCUT2D eigenvalue weighted by atomic mass is 79.9. The van der Waals surface area contributed by atoms with Gasteiger partial charge in [-0.3, -0.25) is 4.79 Å². The van der Waals surface area contributed by atoms with Gasteiger partial charge in [-0.25, -0.2) is 0 Å². The monoisotopic (exact) mass is 222 g/mol. The Hall–Kier alpha value is -0.0500. The first-order valence-electron chi connectivity index (χ1n) is 4.02. The summed E-state index contributed by atoms with van der Waals surface area (Å²) in [5, 5.41) is 8.34. The largest absolute Gasteiger partial charge is 0.481 e. The number of aliphatic carboxylic acids is 1. The second-order valence-electron chi connectivity index (χ2n) is 2.67. The van der Waals surface area contributed by atoms with Crippen LogP contribution in [-0.2, 0) is 4.79 Å². The summed E-state index contributed by atoms with van der Waals surface area (Å²) in [4.78, 5) is 10.6. The first kappa shape index (κ1) is 11.0. The van der Waals surface area contributed by atoms with Gasteiger partial charge in [0, 0.05) is 11.2 Å². The lowest BCUT2D eigenvalue weighted by Gasteiger charge is -2.05. The number of carboxylic acid groups (broad SMARTS) is 1. The number of carboxylic acids is 1. The van der Waals surface area contributed by atoms with Gasteiger partial charge in [0.1, 0.15) is 0 Å². The van der Waals surface area contributed by atoms with Crippen molar-refractivity contribution in [2.24, 2.45) is 0 Å². The zero-order valence-electron chi connectivity index (χ0n) is 6.85. The molecule has 0 amide bonds. The van der Waals surface area contributed by atoms with Gasteiger partial charge >= 0.3 is 5.97 Å². The summed E-state index contributed by atoms with van der Waals surface area (Å²) in [6.07, 6.45) is 4.35. The topological polar surface area (TPSA) is 37.3 Å². The van der Waals surface area contributed by atoms with E-state index in [1.165, 1.54) is 0 Å². The lowest BCUT2D eigenvalue weighted by atomic mass is 10.1. The second kappa shape index (κ2) is 6.65. The van der Waals surface area contributed by atoms with E-state index in [2.05, 4.69) is 22.9 Å². The second-order valence-corrected chi connectivity index (χ2v) is 3.97. The molecule has 0 aromatic carbocycles. The fourth-order valence-corrected chi connectivity index (χ4v) is 1.71. The molecule has 0 aromatic rings. The van der Waals surface area contributed by atoms with Crippen molar-refractivity contribution in [2.75, 3.05) is 0 Å². The Bertz CT molecular complexity index is 115. The van der Waals surface area contributed by atoms with Crippen LogP contribution >= 0.6 is 15.9 Å². The molecule has 0 bridgehead atoms. The molecule has 0 aliphatic carbocycles. The maximum Gasteiger partial charge on any atom is 0.303 e. The van der Waals surface area contributed by atoms with Crippen LogP contribution < -0.4 is 0 Å². The fourth-order valence-electron chi connectivity index (χ4n) is 0.932.